The Labute approximate surface area is 140 Å². The summed E-state index contributed by atoms with van der Waals surface area (Å²) >= 11 is 0. The van der Waals surface area contributed by atoms with Gasteiger partial charge in [0.15, 0.2) is 5.76 Å². The Kier molecular flexibility index (Phi) is 4.91. The molecule has 2 aromatic carbocycles. The molecule has 3 aromatic rings. The second-order valence-corrected chi connectivity index (χ2v) is 5.65. The molecule has 0 unspecified atom stereocenters. The van der Waals surface area contributed by atoms with Gasteiger partial charge in [-0.25, -0.2) is 9.37 Å². The molecule has 3 rings (SSSR count). The van der Waals surface area contributed by atoms with E-state index in [4.69, 9.17) is 9.15 Å². The van der Waals surface area contributed by atoms with Gasteiger partial charge in [-0.05, 0) is 49.0 Å². The third kappa shape index (κ3) is 4.00. The summed E-state index contributed by atoms with van der Waals surface area (Å²) in [7, 11) is 3.66. The van der Waals surface area contributed by atoms with Gasteiger partial charge in [0.1, 0.15) is 11.6 Å². The van der Waals surface area contributed by atoms with Crippen molar-refractivity contribution < 1.29 is 13.5 Å². The normalized spacial score (nSPS) is 11.0. The summed E-state index contributed by atoms with van der Waals surface area (Å²) < 4.78 is 24.0. The minimum atomic E-state index is -0.267. The molecule has 0 fully saturated rings. The van der Waals surface area contributed by atoms with Gasteiger partial charge in [0.25, 0.3) is 0 Å². The van der Waals surface area contributed by atoms with Gasteiger partial charge in [-0.3, -0.25) is 4.90 Å². The second kappa shape index (κ2) is 7.27. The number of hydrogen-bond acceptors (Lipinski definition) is 4. The molecule has 0 bridgehead atoms. The highest BCUT2D eigenvalue weighted by molar-refractivity contribution is 5.55. The number of rotatable bonds is 6. The van der Waals surface area contributed by atoms with Crippen molar-refractivity contribution in [3.8, 4) is 17.1 Å². The smallest absolute Gasteiger partial charge is 0.209 e. The zero-order valence-corrected chi connectivity index (χ0v) is 13.7. The van der Waals surface area contributed by atoms with E-state index in [-0.39, 0.29) is 5.82 Å². The Hall–Kier alpha value is -2.66. The number of ether oxygens (including phenoxy) is 1. The molecule has 0 atom stereocenters. The van der Waals surface area contributed by atoms with Crippen molar-refractivity contribution in [3.63, 3.8) is 0 Å². The first-order valence-electron chi connectivity index (χ1n) is 7.66. The van der Waals surface area contributed by atoms with Gasteiger partial charge < -0.3 is 9.15 Å². The SMILES string of the molecule is COc1cccc(CN(C)Cc2ncc(-c3ccc(F)cc3)o2)c1. The lowest BCUT2D eigenvalue weighted by molar-refractivity contribution is 0.282. The standard InChI is InChI=1S/C19H19FN2O2/c1-22(12-14-4-3-5-17(10-14)23-2)13-19-21-11-18(24-19)15-6-8-16(20)9-7-15/h3-11H,12-13H2,1-2H3. The van der Waals surface area contributed by atoms with E-state index in [0.29, 0.717) is 18.2 Å². The Morgan fingerprint density at radius 1 is 1.12 bits per heavy atom. The van der Waals surface area contributed by atoms with Crippen molar-refractivity contribution in [2.45, 2.75) is 13.1 Å². The van der Waals surface area contributed by atoms with Gasteiger partial charge >= 0.3 is 0 Å². The lowest BCUT2D eigenvalue weighted by atomic mass is 10.2. The van der Waals surface area contributed by atoms with Crippen molar-refractivity contribution in [2.75, 3.05) is 14.2 Å². The third-order valence-corrected chi connectivity index (χ3v) is 3.67. The molecule has 0 aliphatic rings. The van der Waals surface area contributed by atoms with E-state index in [1.807, 2.05) is 25.2 Å². The molecule has 5 heteroatoms. The number of oxazole rings is 1. The average molecular weight is 326 g/mol. The third-order valence-electron chi connectivity index (χ3n) is 3.67. The molecule has 0 aliphatic heterocycles. The highest BCUT2D eigenvalue weighted by Gasteiger charge is 2.10. The fraction of sp³-hybridized carbons (Fsp3) is 0.211. The minimum Gasteiger partial charge on any atom is -0.497 e. The first-order chi connectivity index (χ1) is 11.6. The predicted octanol–water partition coefficient (Wildman–Crippen LogP) is 4.12. The van der Waals surface area contributed by atoms with Crippen LogP contribution in [0, 0.1) is 5.82 Å². The molecule has 0 spiro atoms. The van der Waals surface area contributed by atoms with Crippen molar-refractivity contribution in [3.05, 3.63) is 72.0 Å². The molecule has 0 saturated carbocycles. The van der Waals surface area contributed by atoms with Gasteiger partial charge in [0.2, 0.25) is 5.89 Å². The number of aromatic nitrogens is 1. The zero-order valence-electron chi connectivity index (χ0n) is 13.7. The summed E-state index contributed by atoms with van der Waals surface area (Å²) in [4.78, 5) is 6.41. The number of methoxy groups -OCH3 is 1. The Morgan fingerprint density at radius 3 is 2.67 bits per heavy atom. The Balaban J connectivity index is 1.64. The van der Waals surface area contributed by atoms with Gasteiger partial charge in [-0.2, -0.15) is 0 Å². The zero-order chi connectivity index (χ0) is 16.9. The van der Waals surface area contributed by atoms with Crippen molar-refractivity contribution in [1.82, 2.24) is 9.88 Å². The van der Waals surface area contributed by atoms with Crippen molar-refractivity contribution in [2.24, 2.45) is 0 Å². The lowest BCUT2D eigenvalue weighted by Gasteiger charge is -2.15. The largest absolute Gasteiger partial charge is 0.497 e. The van der Waals surface area contributed by atoms with Crippen LogP contribution in [-0.4, -0.2) is 24.0 Å². The summed E-state index contributed by atoms with van der Waals surface area (Å²) in [5.41, 5.74) is 1.97. The van der Waals surface area contributed by atoms with Crippen LogP contribution < -0.4 is 4.74 Å². The minimum absolute atomic E-state index is 0.267. The lowest BCUT2D eigenvalue weighted by Crippen LogP contribution is -2.17. The molecule has 4 nitrogen and oxygen atoms in total. The van der Waals surface area contributed by atoms with E-state index in [2.05, 4.69) is 16.0 Å². The van der Waals surface area contributed by atoms with Crippen molar-refractivity contribution in [1.29, 1.82) is 0 Å². The number of nitrogens with zero attached hydrogens (tertiary/aromatic N) is 2. The van der Waals surface area contributed by atoms with E-state index >= 15 is 0 Å². The van der Waals surface area contributed by atoms with E-state index in [0.717, 1.165) is 23.4 Å². The Morgan fingerprint density at radius 2 is 1.92 bits per heavy atom. The molecule has 0 aliphatic carbocycles. The Bertz CT molecular complexity index is 799. The summed E-state index contributed by atoms with van der Waals surface area (Å²) in [6, 6.07) is 14.1. The summed E-state index contributed by atoms with van der Waals surface area (Å²) in [6.07, 6.45) is 1.67. The van der Waals surface area contributed by atoms with Crippen LogP contribution >= 0.6 is 0 Å². The van der Waals surface area contributed by atoms with E-state index < -0.39 is 0 Å². The highest BCUT2D eigenvalue weighted by Crippen LogP contribution is 2.21. The highest BCUT2D eigenvalue weighted by atomic mass is 19.1. The average Bonchev–Trinajstić information content (AvgIpc) is 3.04. The topological polar surface area (TPSA) is 38.5 Å². The molecular weight excluding hydrogens is 307 g/mol. The van der Waals surface area contributed by atoms with Crippen LogP contribution in [-0.2, 0) is 13.1 Å². The molecule has 1 aromatic heterocycles. The maximum Gasteiger partial charge on any atom is 0.209 e. The van der Waals surface area contributed by atoms with Crippen LogP contribution in [0.1, 0.15) is 11.5 Å². The van der Waals surface area contributed by atoms with Crippen LogP contribution in [0.4, 0.5) is 4.39 Å². The summed E-state index contributed by atoms with van der Waals surface area (Å²) in [6.45, 7) is 1.34. The second-order valence-electron chi connectivity index (χ2n) is 5.65. The maximum absolute atomic E-state index is 13.0. The molecule has 124 valence electrons. The van der Waals surface area contributed by atoms with Crippen LogP contribution in [0.2, 0.25) is 0 Å². The molecule has 0 amide bonds. The molecule has 0 saturated heterocycles. The van der Waals surface area contributed by atoms with Gasteiger partial charge in [-0.15, -0.1) is 0 Å². The van der Waals surface area contributed by atoms with E-state index in [1.165, 1.54) is 12.1 Å². The van der Waals surface area contributed by atoms with E-state index in [9.17, 15) is 4.39 Å². The van der Waals surface area contributed by atoms with Crippen molar-refractivity contribution >= 4 is 0 Å². The van der Waals surface area contributed by atoms with E-state index in [1.54, 1.807) is 25.4 Å². The van der Waals surface area contributed by atoms with Crippen LogP contribution in [0.15, 0.2) is 59.1 Å². The van der Waals surface area contributed by atoms with Crippen LogP contribution in [0.25, 0.3) is 11.3 Å². The predicted molar refractivity (Wildman–Crippen MR) is 90.1 cm³/mol. The monoisotopic (exact) mass is 326 g/mol. The van der Waals surface area contributed by atoms with Gasteiger partial charge in [0.05, 0.1) is 19.9 Å². The molecule has 1 heterocycles. The summed E-state index contributed by atoms with van der Waals surface area (Å²) in [5, 5.41) is 0. The molecule has 0 radical (unpaired) electrons. The maximum atomic E-state index is 13.0. The van der Waals surface area contributed by atoms with Gasteiger partial charge in [0, 0.05) is 12.1 Å². The number of benzene rings is 2. The number of halogens is 1. The molecule has 0 N–H and O–H groups in total. The fourth-order valence-corrected chi connectivity index (χ4v) is 2.50. The van der Waals surface area contributed by atoms with Gasteiger partial charge in [-0.1, -0.05) is 12.1 Å². The number of hydrogen-bond donors (Lipinski definition) is 0. The first-order valence-corrected chi connectivity index (χ1v) is 7.66. The quantitative estimate of drug-likeness (QED) is 0.683. The first kappa shape index (κ1) is 16.2. The molecule has 24 heavy (non-hydrogen) atoms. The fourth-order valence-electron chi connectivity index (χ4n) is 2.50. The summed E-state index contributed by atoms with van der Waals surface area (Å²) in [5.74, 6) is 1.84. The molecular formula is C19H19FN2O2. The van der Waals surface area contributed by atoms with Crippen LogP contribution in [0.5, 0.6) is 5.75 Å². The van der Waals surface area contributed by atoms with Crippen LogP contribution in [0.3, 0.4) is 0 Å².